The van der Waals surface area contributed by atoms with E-state index in [1.54, 1.807) is 13.2 Å². The molecule has 0 spiro atoms. The third kappa shape index (κ3) is 3.39. The monoisotopic (exact) mass is 404 g/mol. The van der Waals surface area contributed by atoms with Gasteiger partial charge in [-0.25, -0.2) is 15.0 Å². The Morgan fingerprint density at radius 1 is 0.933 bits per heavy atom. The lowest BCUT2D eigenvalue weighted by atomic mass is 10.1. The molecule has 30 heavy (non-hydrogen) atoms. The molecule has 0 radical (unpaired) electrons. The van der Waals surface area contributed by atoms with E-state index in [2.05, 4.69) is 5.43 Å². The minimum absolute atomic E-state index is 0.106. The maximum atomic E-state index is 12.9. The van der Waals surface area contributed by atoms with Gasteiger partial charge < -0.3 is 4.74 Å². The van der Waals surface area contributed by atoms with E-state index in [4.69, 9.17) is 4.74 Å². The molecule has 0 saturated carbocycles. The standard InChI is InChI=1S/C22H20N4O4/c1-24-17-13-26(23-21(28)30-14-15-9-5-3-6-10-15)19(16-11-7-4-8-12-16)18(17)20(27)25(2)22(24)29/h3-13H,14H2,1-2H3,(H,23,28). The second kappa shape index (κ2) is 7.75. The molecule has 152 valence electrons. The van der Waals surface area contributed by atoms with Crippen LogP contribution in [0.2, 0.25) is 0 Å². The van der Waals surface area contributed by atoms with Crippen molar-refractivity contribution in [2.45, 2.75) is 6.61 Å². The molecule has 0 unspecified atom stereocenters. The van der Waals surface area contributed by atoms with Crippen molar-refractivity contribution >= 4 is 17.0 Å². The highest BCUT2D eigenvalue weighted by atomic mass is 16.6. The van der Waals surface area contributed by atoms with Crippen LogP contribution >= 0.6 is 0 Å². The number of carbonyl (C=O) groups is 1. The van der Waals surface area contributed by atoms with E-state index in [-0.39, 0.29) is 6.61 Å². The Labute approximate surface area is 171 Å². The van der Waals surface area contributed by atoms with Crippen LogP contribution in [0.3, 0.4) is 0 Å². The molecule has 2 aromatic carbocycles. The minimum atomic E-state index is -0.682. The van der Waals surface area contributed by atoms with Crippen LogP contribution in [-0.4, -0.2) is 19.9 Å². The highest BCUT2D eigenvalue weighted by Crippen LogP contribution is 2.27. The van der Waals surface area contributed by atoms with Gasteiger partial charge in [0.05, 0.1) is 22.8 Å². The third-order valence-corrected chi connectivity index (χ3v) is 4.91. The fraction of sp³-hybridized carbons (Fsp3) is 0.136. The molecule has 0 bridgehead atoms. The van der Waals surface area contributed by atoms with Crippen LogP contribution in [0.4, 0.5) is 4.79 Å². The molecule has 1 amide bonds. The maximum absolute atomic E-state index is 12.9. The summed E-state index contributed by atoms with van der Waals surface area (Å²) >= 11 is 0. The molecular weight excluding hydrogens is 384 g/mol. The number of fused-ring (bicyclic) bond motifs is 1. The molecule has 1 N–H and O–H groups in total. The van der Waals surface area contributed by atoms with Crippen molar-refractivity contribution in [3.05, 3.63) is 93.3 Å². The number of ether oxygens (including phenoxy) is 1. The number of benzene rings is 2. The summed E-state index contributed by atoms with van der Waals surface area (Å²) in [7, 11) is 3.01. The van der Waals surface area contributed by atoms with Gasteiger partial charge in [0.25, 0.3) is 5.56 Å². The van der Waals surface area contributed by atoms with Crippen molar-refractivity contribution in [1.82, 2.24) is 13.8 Å². The molecule has 8 heteroatoms. The Bertz CT molecular complexity index is 1340. The number of amides is 1. The molecule has 8 nitrogen and oxygen atoms in total. The maximum Gasteiger partial charge on any atom is 0.426 e. The molecule has 0 fully saturated rings. The molecule has 2 aromatic heterocycles. The number of hydrogen-bond donors (Lipinski definition) is 1. The van der Waals surface area contributed by atoms with Crippen LogP contribution in [-0.2, 0) is 25.4 Å². The van der Waals surface area contributed by atoms with Crippen molar-refractivity contribution in [2.24, 2.45) is 14.1 Å². The highest BCUT2D eigenvalue weighted by molar-refractivity contribution is 5.95. The lowest BCUT2D eigenvalue weighted by molar-refractivity contribution is 0.152. The fourth-order valence-electron chi connectivity index (χ4n) is 3.36. The summed E-state index contributed by atoms with van der Waals surface area (Å²) in [6.45, 7) is 0.106. The van der Waals surface area contributed by atoms with Crippen LogP contribution in [0.15, 0.2) is 76.4 Å². The number of carbonyl (C=O) groups excluding carboxylic acids is 1. The van der Waals surface area contributed by atoms with E-state index in [0.717, 1.165) is 10.1 Å². The zero-order valence-corrected chi connectivity index (χ0v) is 16.5. The second-order valence-electron chi connectivity index (χ2n) is 6.85. The molecule has 2 heterocycles. The van der Waals surface area contributed by atoms with E-state index in [1.165, 1.54) is 16.3 Å². The normalized spacial score (nSPS) is 10.9. The highest BCUT2D eigenvalue weighted by Gasteiger charge is 2.20. The van der Waals surface area contributed by atoms with Gasteiger partial charge in [-0.1, -0.05) is 60.7 Å². The van der Waals surface area contributed by atoms with Crippen molar-refractivity contribution in [1.29, 1.82) is 0 Å². The largest absolute Gasteiger partial charge is 0.443 e. The average Bonchev–Trinajstić information content (AvgIpc) is 3.15. The molecule has 0 aliphatic carbocycles. The van der Waals surface area contributed by atoms with Gasteiger partial charge in [-0.05, 0) is 5.56 Å². The van der Waals surface area contributed by atoms with Gasteiger partial charge in [0.2, 0.25) is 0 Å². The summed E-state index contributed by atoms with van der Waals surface area (Å²) < 4.78 is 9.15. The Morgan fingerprint density at radius 2 is 1.57 bits per heavy atom. The van der Waals surface area contributed by atoms with Gasteiger partial charge in [0, 0.05) is 19.7 Å². The Kier molecular flexibility index (Phi) is 4.97. The molecule has 4 rings (SSSR count). The first-order valence-electron chi connectivity index (χ1n) is 9.31. The van der Waals surface area contributed by atoms with Crippen LogP contribution in [0.5, 0.6) is 0 Å². The van der Waals surface area contributed by atoms with Crippen LogP contribution in [0, 0.1) is 0 Å². The summed E-state index contributed by atoms with van der Waals surface area (Å²) in [6.07, 6.45) is 0.864. The summed E-state index contributed by atoms with van der Waals surface area (Å²) in [6, 6.07) is 18.5. The molecule has 0 atom stereocenters. The van der Waals surface area contributed by atoms with Gasteiger partial charge in [0.15, 0.2) is 0 Å². The molecule has 0 aliphatic heterocycles. The molecule has 0 aliphatic rings. The first kappa shape index (κ1) is 19.3. The van der Waals surface area contributed by atoms with Crippen LogP contribution < -0.4 is 16.7 Å². The summed E-state index contributed by atoms with van der Waals surface area (Å²) in [5.41, 5.74) is 4.21. The van der Waals surface area contributed by atoms with E-state index in [0.29, 0.717) is 22.2 Å². The van der Waals surface area contributed by atoms with Crippen molar-refractivity contribution < 1.29 is 9.53 Å². The minimum Gasteiger partial charge on any atom is -0.443 e. The summed E-state index contributed by atoms with van der Waals surface area (Å²) in [4.78, 5) is 37.7. The zero-order valence-electron chi connectivity index (χ0n) is 16.5. The Balaban J connectivity index is 1.78. The van der Waals surface area contributed by atoms with Crippen LogP contribution in [0.1, 0.15) is 5.56 Å². The number of nitrogens with one attached hydrogen (secondary N) is 1. The smallest absolute Gasteiger partial charge is 0.426 e. The second-order valence-corrected chi connectivity index (χ2v) is 6.85. The van der Waals surface area contributed by atoms with Gasteiger partial charge in [0.1, 0.15) is 6.61 Å². The first-order valence-corrected chi connectivity index (χ1v) is 9.31. The Morgan fingerprint density at radius 3 is 2.23 bits per heavy atom. The Hall–Kier alpha value is -4.07. The van der Waals surface area contributed by atoms with Crippen molar-refractivity contribution in [3.8, 4) is 11.3 Å². The van der Waals surface area contributed by atoms with E-state index in [9.17, 15) is 14.4 Å². The first-order chi connectivity index (χ1) is 14.5. The van der Waals surface area contributed by atoms with Gasteiger partial charge in [-0.3, -0.25) is 18.6 Å². The van der Waals surface area contributed by atoms with Crippen molar-refractivity contribution in [2.75, 3.05) is 5.43 Å². The average molecular weight is 404 g/mol. The SMILES string of the molecule is Cn1c(=O)c2c(-c3ccccc3)n(NC(=O)OCc3ccccc3)cc2n(C)c1=O. The van der Waals surface area contributed by atoms with Gasteiger partial charge in [-0.15, -0.1) is 0 Å². The lowest BCUT2D eigenvalue weighted by Crippen LogP contribution is -2.36. The number of aromatic nitrogens is 3. The topological polar surface area (TPSA) is 87.3 Å². The summed E-state index contributed by atoms with van der Waals surface area (Å²) in [5, 5.41) is 0.328. The quantitative estimate of drug-likeness (QED) is 0.566. The number of aryl methyl sites for hydroxylation is 1. The van der Waals surface area contributed by atoms with Gasteiger partial charge in [-0.2, -0.15) is 0 Å². The number of rotatable bonds is 4. The van der Waals surface area contributed by atoms with Gasteiger partial charge >= 0.3 is 11.8 Å². The predicted octanol–water partition coefficient (Wildman–Crippen LogP) is 2.59. The van der Waals surface area contributed by atoms with E-state index >= 15 is 0 Å². The van der Waals surface area contributed by atoms with Crippen LogP contribution in [0.25, 0.3) is 22.2 Å². The predicted molar refractivity (Wildman–Crippen MR) is 114 cm³/mol. The lowest BCUT2D eigenvalue weighted by Gasteiger charge is -2.12. The fourth-order valence-corrected chi connectivity index (χ4v) is 3.36. The van der Waals surface area contributed by atoms with E-state index in [1.807, 2.05) is 60.7 Å². The molecular formula is C22H20N4O4. The molecule has 0 saturated heterocycles. The third-order valence-electron chi connectivity index (χ3n) is 4.91. The number of hydrogen-bond acceptors (Lipinski definition) is 4. The van der Waals surface area contributed by atoms with E-state index < -0.39 is 17.3 Å². The number of nitrogens with zero attached hydrogens (tertiary/aromatic N) is 3. The summed E-state index contributed by atoms with van der Waals surface area (Å²) in [5.74, 6) is 0. The van der Waals surface area contributed by atoms with Crippen molar-refractivity contribution in [3.63, 3.8) is 0 Å². The zero-order chi connectivity index (χ0) is 21.3. The molecule has 4 aromatic rings.